The molecule has 4 rings (SSSR count). The van der Waals surface area contributed by atoms with E-state index in [1.807, 2.05) is 26.2 Å². The molecule has 2 aromatic carbocycles. The maximum absolute atomic E-state index is 12.6. The van der Waals surface area contributed by atoms with Crippen molar-refractivity contribution in [1.82, 2.24) is 14.8 Å². The molecule has 0 spiro atoms. The Morgan fingerprint density at radius 1 is 1.06 bits per heavy atom. The van der Waals surface area contributed by atoms with Gasteiger partial charge < -0.3 is 15.8 Å². The Hall–Kier alpha value is -4.78. The van der Waals surface area contributed by atoms with Crippen LogP contribution in [0, 0.1) is 18.8 Å². The van der Waals surface area contributed by atoms with Crippen molar-refractivity contribution in [3.63, 3.8) is 0 Å². The second-order valence-corrected chi connectivity index (χ2v) is 7.87. The third-order valence-corrected chi connectivity index (χ3v) is 5.11. The van der Waals surface area contributed by atoms with Crippen molar-refractivity contribution in [2.24, 2.45) is 7.05 Å². The van der Waals surface area contributed by atoms with Crippen LogP contribution in [0.25, 0.3) is 11.1 Å². The van der Waals surface area contributed by atoms with Gasteiger partial charge in [0.15, 0.2) is 0 Å². The molecule has 0 bridgehead atoms. The SMILES string of the molecule is Cc1ccc(NC(=O)c2cccc(OC(F)(F)F)c2)cc1C#Cc1cc(-c2cnn(C)c2)cnc1N. The average Bonchev–Trinajstić information content (AvgIpc) is 3.25. The van der Waals surface area contributed by atoms with Crippen LogP contribution in [0.1, 0.15) is 27.0 Å². The van der Waals surface area contributed by atoms with Crippen molar-refractivity contribution < 1.29 is 22.7 Å². The van der Waals surface area contributed by atoms with Gasteiger partial charge in [-0.1, -0.05) is 24.0 Å². The molecule has 10 heteroatoms. The topological polar surface area (TPSA) is 95.1 Å². The molecule has 0 fully saturated rings. The number of hydrogen-bond acceptors (Lipinski definition) is 5. The minimum absolute atomic E-state index is 0.0102. The van der Waals surface area contributed by atoms with E-state index in [1.165, 1.54) is 12.1 Å². The molecule has 182 valence electrons. The van der Waals surface area contributed by atoms with Gasteiger partial charge in [-0.05, 0) is 48.9 Å². The van der Waals surface area contributed by atoms with Crippen molar-refractivity contribution in [3.8, 4) is 28.7 Å². The molecule has 2 heterocycles. The van der Waals surface area contributed by atoms with Crippen molar-refractivity contribution >= 4 is 17.4 Å². The van der Waals surface area contributed by atoms with Crippen LogP contribution in [0.3, 0.4) is 0 Å². The number of hydrogen-bond donors (Lipinski definition) is 2. The first-order valence-electron chi connectivity index (χ1n) is 10.6. The fourth-order valence-corrected chi connectivity index (χ4v) is 3.31. The fourth-order valence-electron chi connectivity index (χ4n) is 3.31. The highest BCUT2D eigenvalue weighted by Gasteiger charge is 2.31. The third-order valence-electron chi connectivity index (χ3n) is 5.11. The summed E-state index contributed by atoms with van der Waals surface area (Å²) in [5.41, 5.74) is 10.2. The molecule has 3 N–H and O–H groups in total. The van der Waals surface area contributed by atoms with E-state index in [-0.39, 0.29) is 11.4 Å². The number of nitrogens with one attached hydrogen (secondary N) is 1. The summed E-state index contributed by atoms with van der Waals surface area (Å²) in [5.74, 6) is 5.28. The van der Waals surface area contributed by atoms with Gasteiger partial charge in [-0.3, -0.25) is 9.48 Å². The first-order valence-corrected chi connectivity index (χ1v) is 10.6. The molecule has 0 aliphatic heterocycles. The second-order valence-electron chi connectivity index (χ2n) is 7.87. The normalized spacial score (nSPS) is 10.9. The third kappa shape index (κ3) is 6.01. The molecule has 0 saturated carbocycles. The smallest absolute Gasteiger partial charge is 0.406 e. The molecule has 0 aliphatic rings. The first kappa shape index (κ1) is 24.3. The number of rotatable bonds is 4. The number of nitrogens with two attached hydrogens (primary N) is 1. The lowest BCUT2D eigenvalue weighted by molar-refractivity contribution is -0.274. The zero-order chi connectivity index (χ0) is 25.9. The van der Waals surface area contributed by atoms with Gasteiger partial charge in [-0.2, -0.15) is 5.10 Å². The predicted molar refractivity (Wildman–Crippen MR) is 129 cm³/mol. The van der Waals surface area contributed by atoms with Gasteiger partial charge in [0, 0.05) is 47.4 Å². The number of nitrogens with zero attached hydrogens (tertiary/aromatic N) is 3. The maximum Gasteiger partial charge on any atom is 0.573 e. The van der Waals surface area contributed by atoms with Crippen LogP contribution in [0.15, 0.2) is 67.1 Å². The molecule has 36 heavy (non-hydrogen) atoms. The number of amides is 1. The Bertz CT molecular complexity index is 1500. The summed E-state index contributed by atoms with van der Waals surface area (Å²) in [4.78, 5) is 16.8. The number of carbonyl (C=O) groups is 1. The zero-order valence-corrected chi connectivity index (χ0v) is 19.2. The van der Waals surface area contributed by atoms with E-state index >= 15 is 0 Å². The quantitative estimate of drug-likeness (QED) is 0.395. The van der Waals surface area contributed by atoms with Gasteiger partial charge in [0.1, 0.15) is 11.6 Å². The van der Waals surface area contributed by atoms with Gasteiger partial charge in [0.25, 0.3) is 5.91 Å². The number of aryl methyl sites for hydroxylation is 2. The summed E-state index contributed by atoms with van der Waals surface area (Å²) in [6.07, 6.45) is 0.362. The standard InChI is InChI=1S/C26H20F3N5O2/c1-16-6-9-22(33-25(35)19-4-3-5-23(12-19)36-26(27,28)29)11-17(16)7-8-18-10-20(13-31-24(18)30)21-14-32-34(2)15-21/h3-6,9-15H,1-2H3,(H2,30,31)(H,33,35). The van der Waals surface area contributed by atoms with Gasteiger partial charge in [0.05, 0.1) is 11.8 Å². The van der Waals surface area contributed by atoms with Crippen LogP contribution in [0.2, 0.25) is 0 Å². The summed E-state index contributed by atoms with van der Waals surface area (Å²) < 4.78 is 43.0. The Morgan fingerprint density at radius 3 is 2.56 bits per heavy atom. The Labute approximate surface area is 204 Å². The van der Waals surface area contributed by atoms with Gasteiger partial charge in [-0.15, -0.1) is 13.2 Å². The van der Waals surface area contributed by atoms with E-state index in [0.29, 0.717) is 16.8 Å². The summed E-state index contributed by atoms with van der Waals surface area (Å²) in [7, 11) is 1.82. The van der Waals surface area contributed by atoms with Crippen molar-refractivity contribution in [3.05, 3.63) is 89.4 Å². The molecule has 0 saturated heterocycles. The van der Waals surface area contributed by atoms with Crippen molar-refractivity contribution in [2.45, 2.75) is 13.3 Å². The van der Waals surface area contributed by atoms with Gasteiger partial charge in [-0.25, -0.2) is 4.98 Å². The van der Waals surface area contributed by atoms with Crippen molar-refractivity contribution in [2.75, 3.05) is 11.1 Å². The molecule has 2 aromatic heterocycles. The number of ether oxygens (including phenoxy) is 1. The lowest BCUT2D eigenvalue weighted by Crippen LogP contribution is -2.18. The van der Waals surface area contributed by atoms with Crippen molar-refractivity contribution in [1.29, 1.82) is 0 Å². The molecular weight excluding hydrogens is 471 g/mol. The van der Waals surface area contributed by atoms with Crippen LogP contribution < -0.4 is 15.8 Å². The second kappa shape index (κ2) is 9.84. The molecule has 4 aromatic rings. The summed E-state index contributed by atoms with van der Waals surface area (Å²) >= 11 is 0. The van der Waals surface area contributed by atoms with E-state index in [4.69, 9.17) is 5.73 Å². The van der Waals surface area contributed by atoms with Crippen LogP contribution in [0.4, 0.5) is 24.7 Å². The lowest BCUT2D eigenvalue weighted by Gasteiger charge is -2.11. The fraction of sp³-hybridized carbons (Fsp3) is 0.115. The zero-order valence-electron chi connectivity index (χ0n) is 19.2. The number of nitrogen functional groups attached to an aromatic ring is 1. The highest BCUT2D eigenvalue weighted by molar-refractivity contribution is 6.04. The number of alkyl halides is 3. The van der Waals surface area contributed by atoms with Crippen LogP contribution in [-0.2, 0) is 7.05 Å². The molecule has 0 atom stereocenters. The Morgan fingerprint density at radius 2 is 1.83 bits per heavy atom. The number of halogens is 3. The number of carbonyl (C=O) groups excluding carboxylic acids is 1. The van der Waals surface area contributed by atoms with Crippen LogP contribution >= 0.6 is 0 Å². The number of benzene rings is 2. The maximum atomic E-state index is 12.6. The molecule has 1 amide bonds. The summed E-state index contributed by atoms with van der Waals surface area (Å²) in [5, 5.41) is 6.82. The lowest BCUT2D eigenvalue weighted by atomic mass is 10.1. The largest absolute Gasteiger partial charge is 0.573 e. The van der Waals surface area contributed by atoms with E-state index in [2.05, 4.69) is 32.0 Å². The van der Waals surface area contributed by atoms with Gasteiger partial charge in [0.2, 0.25) is 0 Å². The molecule has 0 unspecified atom stereocenters. The van der Waals surface area contributed by atoms with Crippen LogP contribution in [-0.4, -0.2) is 27.0 Å². The highest BCUT2D eigenvalue weighted by Crippen LogP contribution is 2.24. The van der Waals surface area contributed by atoms with Gasteiger partial charge >= 0.3 is 6.36 Å². The highest BCUT2D eigenvalue weighted by atomic mass is 19.4. The monoisotopic (exact) mass is 491 g/mol. The minimum atomic E-state index is -4.85. The number of aromatic nitrogens is 3. The van der Waals surface area contributed by atoms with E-state index in [0.717, 1.165) is 28.8 Å². The summed E-state index contributed by atoms with van der Waals surface area (Å²) in [6.45, 7) is 1.86. The van der Waals surface area contributed by atoms with E-state index in [1.54, 1.807) is 35.3 Å². The molecule has 0 aliphatic carbocycles. The average molecular weight is 491 g/mol. The van der Waals surface area contributed by atoms with Crippen LogP contribution in [0.5, 0.6) is 5.75 Å². The van der Waals surface area contributed by atoms with E-state index in [9.17, 15) is 18.0 Å². The summed E-state index contributed by atoms with van der Waals surface area (Å²) in [6, 6.07) is 11.8. The molecule has 7 nitrogen and oxygen atoms in total. The molecule has 0 radical (unpaired) electrons. The molecular formula is C26H20F3N5O2. The minimum Gasteiger partial charge on any atom is -0.406 e. The Balaban J connectivity index is 1.56. The predicted octanol–water partition coefficient (Wildman–Crippen LogP) is 4.92. The number of anilines is 2. The van der Waals surface area contributed by atoms with E-state index < -0.39 is 18.0 Å². The Kier molecular flexibility index (Phi) is 6.65. The number of pyridine rings is 1. The first-order chi connectivity index (χ1) is 17.1.